The Bertz CT molecular complexity index is 304. The standard InChI is InChI=1S/C12H17F2N/c1-9(2)15-8-12(13,14)11-6-4-10(3)5-7-11/h4-7,9,15H,8H2,1-3H3. The molecule has 0 radical (unpaired) electrons. The van der Waals surface area contributed by atoms with Gasteiger partial charge < -0.3 is 5.32 Å². The molecule has 0 saturated heterocycles. The Morgan fingerprint density at radius 3 is 2.20 bits per heavy atom. The first-order valence-corrected chi connectivity index (χ1v) is 5.10. The van der Waals surface area contributed by atoms with Gasteiger partial charge in [-0.2, -0.15) is 8.78 Å². The molecule has 0 bridgehead atoms. The summed E-state index contributed by atoms with van der Waals surface area (Å²) in [6.07, 6.45) is 0. The Balaban J connectivity index is 2.72. The molecular formula is C12H17F2N. The molecule has 3 heteroatoms. The Kier molecular flexibility index (Phi) is 3.80. The van der Waals surface area contributed by atoms with Crippen LogP contribution in [-0.2, 0) is 5.92 Å². The fourth-order valence-corrected chi connectivity index (χ4v) is 1.23. The first-order chi connectivity index (χ1) is 6.92. The van der Waals surface area contributed by atoms with E-state index < -0.39 is 5.92 Å². The van der Waals surface area contributed by atoms with Gasteiger partial charge in [0, 0.05) is 11.6 Å². The highest BCUT2D eigenvalue weighted by Gasteiger charge is 2.30. The third-order valence-electron chi connectivity index (χ3n) is 2.21. The highest BCUT2D eigenvalue weighted by atomic mass is 19.3. The van der Waals surface area contributed by atoms with E-state index in [-0.39, 0.29) is 18.2 Å². The Labute approximate surface area is 89.5 Å². The fourth-order valence-electron chi connectivity index (χ4n) is 1.23. The molecule has 0 spiro atoms. The average Bonchev–Trinajstić information content (AvgIpc) is 2.16. The molecule has 1 aromatic rings. The Hall–Kier alpha value is -0.960. The van der Waals surface area contributed by atoms with E-state index in [9.17, 15) is 8.78 Å². The van der Waals surface area contributed by atoms with Crippen LogP contribution in [0.5, 0.6) is 0 Å². The van der Waals surface area contributed by atoms with Gasteiger partial charge in [0.2, 0.25) is 0 Å². The van der Waals surface area contributed by atoms with E-state index in [2.05, 4.69) is 5.32 Å². The van der Waals surface area contributed by atoms with E-state index in [1.165, 1.54) is 12.1 Å². The van der Waals surface area contributed by atoms with Crippen molar-refractivity contribution in [3.63, 3.8) is 0 Å². The summed E-state index contributed by atoms with van der Waals surface area (Å²) >= 11 is 0. The van der Waals surface area contributed by atoms with Crippen molar-refractivity contribution in [2.45, 2.75) is 32.7 Å². The van der Waals surface area contributed by atoms with E-state index in [0.29, 0.717) is 0 Å². The van der Waals surface area contributed by atoms with Crippen molar-refractivity contribution in [1.29, 1.82) is 0 Å². The summed E-state index contributed by atoms with van der Waals surface area (Å²) in [4.78, 5) is 0. The highest BCUT2D eigenvalue weighted by molar-refractivity contribution is 5.25. The van der Waals surface area contributed by atoms with Crippen LogP contribution in [0.2, 0.25) is 0 Å². The van der Waals surface area contributed by atoms with Crippen LogP contribution in [0.4, 0.5) is 8.78 Å². The number of aryl methyl sites for hydroxylation is 1. The Morgan fingerprint density at radius 2 is 1.73 bits per heavy atom. The summed E-state index contributed by atoms with van der Waals surface area (Å²) < 4.78 is 27.2. The van der Waals surface area contributed by atoms with Gasteiger partial charge in [-0.3, -0.25) is 0 Å². The second-order valence-electron chi connectivity index (χ2n) is 4.11. The first-order valence-electron chi connectivity index (χ1n) is 5.10. The maximum atomic E-state index is 13.6. The smallest absolute Gasteiger partial charge is 0.285 e. The molecule has 0 fully saturated rings. The summed E-state index contributed by atoms with van der Waals surface area (Å²) in [5.74, 6) is -2.79. The number of benzene rings is 1. The van der Waals surface area contributed by atoms with Gasteiger partial charge in [0.15, 0.2) is 0 Å². The van der Waals surface area contributed by atoms with Crippen LogP contribution in [0.3, 0.4) is 0 Å². The number of hydrogen-bond acceptors (Lipinski definition) is 1. The van der Waals surface area contributed by atoms with Crippen LogP contribution in [0.25, 0.3) is 0 Å². The highest BCUT2D eigenvalue weighted by Crippen LogP contribution is 2.27. The third-order valence-corrected chi connectivity index (χ3v) is 2.21. The lowest BCUT2D eigenvalue weighted by molar-refractivity contribution is -0.00484. The molecule has 0 amide bonds. The molecule has 0 aliphatic heterocycles. The normalized spacial score (nSPS) is 12.1. The third kappa shape index (κ3) is 3.59. The fraction of sp³-hybridized carbons (Fsp3) is 0.500. The number of hydrogen-bond donors (Lipinski definition) is 1. The van der Waals surface area contributed by atoms with Gasteiger partial charge in [-0.1, -0.05) is 43.7 Å². The van der Waals surface area contributed by atoms with E-state index >= 15 is 0 Å². The quantitative estimate of drug-likeness (QED) is 0.810. The van der Waals surface area contributed by atoms with Crippen LogP contribution < -0.4 is 5.32 Å². The number of halogens is 2. The zero-order valence-corrected chi connectivity index (χ0v) is 9.35. The number of nitrogens with one attached hydrogen (secondary N) is 1. The second-order valence-corrected chi connectivity index (χ2v) is 4.11. The van der Waals surface area contributed by atoms with Crippen LogP contribution in [0.15, 0.2) is 24.3 Å². The first kappa shape index (κ1) is 12.1. The molecule has 1 aromatic carbocycles. The monoisotopic (exact) mass is 213 g/mol. The topological polar surface area (TPSA) is 12.0 Å². The predicted octanol–water partition coefficient (Wildman–Crippen LogP) is 3.08. The van der Waals surface area contributed by atoms with Gasteiger partial charge in [0.05, 0.1) is 6.54 Å². The summed E-state index contributed by atoms with van der Waals surface area (Å²) in [5.41, 5.74) is 1.06. The summed E-state index contributed by atoms with van der Waals surface area (Å²) in [6.45, 7) is 5.28. The Morgan fingerprint density at radius 1 is 1.20 bits per heavy atom. The minimum Gasteiger partial charge on any atom is -0.309 e. The van der Waals surface area contributed by atoms with Crippen molar-refractivity contribution >= 4 is 0 Å². The summed E-state index contributed by atoms with van der Waals surface area (Å²) in [5, 5.41) is 2.75. The molecule has 0 aliphatic rings. The predicted molar refractivity (Wildman–Crippen MR) is 58.2 cm³/mol. The zero-order chi connectivity index (χ0) is 11.5. The van der Waals surface area contributed by atoms with Crippen molar-refractivity contribution in [3.05, 3.63) is 35.4 Å². The van der Waals surface area contributed by atoms with Crippen molar-refractivity contribution < 1.29 is 8.78 Å². The molecular weight excluding hydrogens is 196 g/mol. The van der Waals surface area contributed by atoms with Crippen LogP contribution in [0.1, 0.15) is 25.0 Å². The van der Waals surface area contributed by atoms with Crippen molar-refractivity contribution in [2.24, 2.45) is 0 Å². The van der Waals surface area contributed by atoms with Gasteiger partial charge in [-0.05, 0) is 6.92 Å². The van der Waals surface area contributed by atoms with E-state index in [0.717, 1.165) is 5.56 Å². The van der Waals surface area contributed by atoms with Gasteiger partial charge in [0.25, 0.3) is 5.92 Å². The van der Waals surface area contributed by atoms with Crippen molar-refractivity contribution in [1.82, 2.24) is 5.32 Å². The molecule has 1 N–H and O–H groups in total. The molecule has 0 atom stereocenters. The van der Waals surface area contributed by atoms with Gasteiger partial charge >= 0.3 is 0 Å². The lowest BCUT2D eigenvalue weighted by atomic mass is 10.1. The lowest BCUT2D eigenvalue weighted by Gasteiger charge is -2.19. The maximum Gasteiger partial charge on any atom is 0.285 e. The van der Waals surface area contributed by atoms with Crippen molar-refractivity contribution in [3.8, 4) is 0 Å². The molecule has 0 saturated carbocycles. The number of rotatable bonds is 4. The SMILES string of the molecule is Cc1ccc(C(F)(F)CNC(C)C)cc1. The molecule has 1 rings (SSSR count). The average molecular weight is 213 g/mol. The van der Waals surface area contributed by atoms with Crippen molar-refractivity contribution in [2.75, 3.05) is 6.54 Å². The second kappa shape index (κ2) is 4.71. The molecule has 15 heavy (non-hydrogen) atoms. The molecule has 0 unspecified atom stereocenters. The van der Waals surface area contributed by atoms with Gasteiger partial charge in [-0.25, -0.2) is 0 Å². The summed E-state index contributed by atoms with van der Waals surface area (Å²) in [7, 11) is 0. The van der Waals surface area contributed by atoms with E-state index in [1.807, 2.05) is 20.8 Å². The van der Waals surface area contributed by atoms with Crippen LogP contribution in [0, 0.1) is 6.92 Å². The van der Waals surface area contributed by atoms with Crippen LogP contribution in [-0.4, -0.2) is 12.6 Å². The van der Waals surface area contributed by atoms with Crippen LogP contribution >= 0.6 is 0 Å². The molecule has 84 valence electrons. The summed E-state index contributed by atoms with van der Waals surface area (Å²) in [6, 6.07) is 6.45. The molecule has 0 aliphatic carbocycles. The molecule has 1 nitrogen and oxygen atoms in total. The van der Waals surface area contributed by atoms with E-state index in [1.54, 1.807) is 12.1 Å². The number of alkyl halides is 2. The largest absolute Gasteiger partial charge is 0.309 e. The minimum absolute atomic E-state index is 0.0706. The maximum absolute atomic E-state index is 13.6. The van der Waals surface area contributed by atoms with Gasteiger partial charge in [-0.15, -0.1) is 0 Å². The molecule has 0 aromatic heterocycles. The van der Waals surface area contributed by atoms with E-state index in [4.69, 9.17) is 0 Å². The zero-order valence-electron chi connectivity index (χ0n) is 9.35. The minimum atomic E-state index is -2.79. The molecule has 0 heterocycles. The van der Waals surface area contributed by atoms with Gasteiger partial charge in [0.1, 0.15) is 0 Å². The lowest BCUT2D eigenvalue weighted by Crippen LogP contribution is -2.34.